The summed E-state index contributed by atoms with van der Waals surface area (Å²) in [5.41, 5.74) is 2.31. The van der Waals surface area contributed by atoms with Gasteiger partial charge in [-0.15, -0.1) is 0 Å². The zero-order valence-corrected chi connectivity index (χ0v) is 17.0. The van der Waals surface area contributed by atoms with Gasteiger partial charge in [0.1, 0.15) is 5.75 Å². The fourth-order valence-electron chi connectivity index (χ4n) is 3.07. The minimum absolute atomic E-state index is 0.131. The van der Waals surface area contributed by atoms with E-state index in [0.717, 1.165) is 0 Å². The number of aryl methyl sites for hydroxylation is 2. The highest BCUT2D eigenvalue weighted by Crippen LogP contribution is 2.29. The third-order valence-electron chi connectivity index (χ3n) is 4.52. The van der Waals surface area contributed by atoms with Crippen LogP contribution in [0.25, 0.3) is 0 Å². The third-order valence-corrected chi connectivity index (χ3v) is 7.75. The molecule has 2 aromatic carbocycles. The molecular weight excluding hydrogens is 388 g/mol. The molecule has 0 saturated carbocycles. The molecule has 1 N–H and O–H groups in total. The van der Waals surface area contributed by atoms with Crippen LogP contribution >= 0.6 is 0 Å². The Morgan fingerprint density at radius 1 is 1.07 bits per heavy atom. The summed E-state index contributed by atoms with van der Waals surface area (Å²) in [6.45, 7) is 3.95. The summed E-state index contributed by atoms with van der Waals surface area (Å²) in [7, 11) is -5.52. The fraction of sp³-hybridized carbons (Fsp3) is 0.333. The number of anilines is 2. The molecule has 3 rings (SSSR count). The predicted molar refractivity (Wildman–Crippen MR) is 105 cm³/mol. The van der Waals surface area contributed by atoms with Gasteiger partial charge in [0.15, 0.2) is 0 Å². The monoisotopic (exact) mass is 410 g/mol. The van der Waals surface area contributed by atoms with Crippen LogP contribution in [0.3, 0.4) is 0 Å². The number of sulfonamides is 2. The van der Waals surface area contributed by atoms with Crippen molar-refractivity contribution in [1.29, 1.82) is 0 Å². The maximum Gasteiger partial charge on any atom is 0.261 e. The molecule has 0 bridgehead atoms. The fourth-order valence-corrected chi connectivity index (χ4v) is 5.84. The molecule has 0 amide bonds. The number of ether oxygens (including phenoxy) is 1. The first-order chi connectivity index (χ1) is 12.6. The number of nitrogens with one attached hydrogen (secondary N) is 1. The third kappa shape index (κ3) is 3.89. The lowest BCUT2D eigenvalue weighted by atomic mass is 10.2. The molecular formula is C18H22N2O5S2. The molecule has 7 nitrogen and oxygen atoms in total. The van der Waals surface area contributed by atoms with Gasteiger partial charge in [0.2, 0.25) is 10.0 Å². The minimum Gasteiger partial charge on any atom is -0.496 e. The van der Waals surface area contributed by atoms with E-state index in [2.05, 4.69) is 4.72 Å². The van der Waals surface area contributed by atoms with Crippen LogP contribution in [0.4, 0.5) is 11.4 Å². The summed E-state index contributed by atoms with van der Waals surface area (Å²) in [6.07, 6.45) is 0.590. The van der Waals surface area contributed by atoms with E-state index >= 15 is 0 Å². The number of methoxy groups -OCH3 is 1. The van der Waals surface area contributed by atoms with Crippen LogP contribution in [0.15, 0.2) is 41.3 Å². The van der Waals surface area contributed by atoms with Crippen molar-refractivity contribution in [2.24, 2.45) is 0 Å². The van der Waals surface area contributed by atoms with Gasteiger partial charge in [-0.1, -0.05) is 0 Å². The van der Waals surface area contributed by atoms with Crippen molar-refractivity contribution in [2.45, 2.75) is 25.2 Å². The van der Waals surface area contributed by atoms with Crippen LogP contribution in [0.1, 0.15) is 17.5 Å². The average Bonchev–Trinajstić information content (AvgIpc) is 2.95. The lowest BCUT2D eigenvalue weighted by Gasteiger charge is -2.19. The highest BCUT2D eigenvalue weighted by molar-refractivity contribution is 7.93. The Balaban J connectivity index is 1.88. The summed E-state index contributed by atoms with van der Waals surface area (Å²) in [4.78, 5) is 0.131. The quantitative estimate of drug-likeness (QED) is 0.818. The number of nitrogens with zero attached hydrogens (tertiary/aromatic N) is 1. The molecule has 0 atom stereocenters. The summed E-state index contributed by atoms with van der Waals surface area (Å²) < 4.78 is 58.6. The van der Waals surface area contributed by atoms with E-state index in [0.29, 0.717) is 41.2 Å². The Kier molecular flexibility index (Phi) is 5.09. The van der Waals surface area contributed by atoms with Crippen molar-refractivity contribution in [1.82, 2.24) is 0 Å². The molecule has 1 saturated heterocycles. The standard InChI is InChI=1S/C18H22N2O5S2/c1-13-11-15(20-9-4-10-26(20,21)22)5-7-17(13)19-27(23,24)16-6-8-18(25-3)14(2)12-16/h5-8,11-12,19H,4,9-10H2,1-3H3. The Morgan fingerprint density at radius 3 is 2.37 bits per heavy atom. The highest BCUT2D eigenvalue weighted by atomic mass is 32.2. The van der Waals surface area contributed by atoms with Gasteiger partial charge in [0.25, 0.3) is 10.0 Å². The number of benzene rings is 2. The molecule has 0 aliphatic carbocycles. The Labute approximate surface area is 160 Å². The van der Waals surface area contributed by atoms with Crippen LogP contribution < -0.4 is 13.8 Å². The van der Waals surface area contributed by atoms with E-state index in [1.54, 1.807) is 44.2 Å². The second-order valence-electron chi connectivity index (χ2n) is 6.48. The Morgan fingerprint density at radius 2 is 1.81 bits per heavy atom. The van der Waals surface area contributed by atoms with Gasteiger partial charge in [0.05, 0.1) is 29.1 Å². The molecule has 0 unspecified atom stereocenters. The van der Waals surface area contributed by atoms with E-state index in [1.165, 1.54) is 17.5 Å². The first-order valence-electron chi connectivity index (χ1n) is 8.42. The second-order valence-corrected chi connectivity index (χ2v) is 10.2. The van der Waals surface area contributed by atoms with E-state index < -0.39 is 20.0 Å². The van der Waals surface area contributed by atoms with Crippen LogP contribution in [0.5, 0.6) is 5.75 Å². The molecule has 0 spiro atoms. The average molecular weight is 411 g/mol. The van der Waals surface area contributed by atoms with Crippen LogP contribution in [-0.4, -0.2) is 36.2 Å². The first-order valence-corrected chi connectivity index (χ1v) is 11.5. The van der Waals surface area contributed by atoms with Crippen LogP contribution in [0.2, 0.25) is 0 Å². The summed E-state index contributed by atoms with van der Waals surface area (Å²) in [6, 6.07) is 9.52. The van der Waals surface area contributed by atoms with Crippen molar-refractivity contribution in [2.75, 3.05) is 28.4 Å². The predicted octanol–water partition coefficient (Wildman–Crippen LogP) is 2.65. The lowest BCUT2D eigenvalue weighted by Crippen LogP contribution is -2.25. The molecule has 1 aliphatic rings. The topological polar surface area (TPSA) is 92.8 Å². The zero-order valence-electron chi connectivity index (χ0n) is 15.4. The maximum absolute atomic E-state index is 12.7. The van der Waals surface area contributed by atoms with Gasteiger partial charge in [-0.05, 0) is 67.8 Å². The number of hydrogen-bond acceptors (Lipinski definition) is 5. The number of rotatable bonds is 5. The zero-order chi connectivity index (χ0) is 19.8. The normalized spacial score (nSPS) is 16.3. The lowest BCUT2D eigenvalue weighted by molar-refractivity contribution is 0.411. The van der Waals surface area contributed by atoms with E-state index in [1.807, 2.05) is 0 Å². The summed E-state index contributed by atoms with van der Waals surface area (Å²) >= 11 is 0. The van der Waals surface area contributed by atoms with Gasteiger partial charge < -0.3 is 4.74 Å². The van der Waals surface area contributed by atoms with E-state index in [4.69, 9.17) is 4.74 Å². The van der Waals surface area contributed by atoms with E-state index in [-0.39, 0.29) is 10.6 Å². The Hall–Kier alpha value is -2.26. The van der Waals surface area contributed by atoms with Gasteiger partial charge in [-0.2, -0.15) is 0 Å². The SMILES string of the molecule is COc1ccc(S(=O)(=O)Nc2ccc(N3CCCS3(=O)=O)cc2C)cc1C. The van der Waals surface area contributed by atoms with Crippen LogP contribution in [-0.2, 0) is 20.0 Å². The molecule has 27 heavy (non-hydrogen) atoms. The van der Waals surface area contributed by atoms with Crippen molar-refractivity contribution in [3.63, 3.8) is 0 Å². The largest absolute Gasteiger partial charge is 0.496 e. The van der Waals surface area contributed by atoms with Gasteiger partial charge in [-0.25, -0.2) is 16.8 Å². The second kappa shape index (κ2) is 7.05. The van der Waals surface area contributed by atoms with Gasteiger partial charge >= 0.3 is 0 Å². The van der Waals surface area contributed by atoms with Crippen LogP contribution in [0, 0.1) is 13.8 Å². The maximum atomic E-state index is 12.7. The van der Waals surface area contributed by atoms with Crippen molar-refractivity contribution >= 4 is 31.4 Å². The van der Waals surface area contributed by atoms with Crippen molar-refractivity contribution in [3.05, 3.63) is 47.5 Å². The molecule has 0 radical (unpaired) electrons. The molecule has 1 fully saturated rings. The Bertz CT molecular complexity index is 1080. The minimum atomic E-state index is -3.78. The molecule has 146 valence electrons. The first kappa shape index (κ1) is 19.5. The van der Waals surface area contributed by atoms with Crippen molar-refractivity contribution in [3.8, 4) is 5.75 Å². The van der Waals surface area contributed by atoms with Gasteiger partial charge in [-0.3, -0.25) is 9.03 Å². The molecule has 2 aromatic rings. The molecule has 1 aliphatic heterocycles. The van der Waals surface area contributed by atoms with Crippen molar-refractivity contribution < 1.29 is 21.6 Å². The van der Waals surface area contributed by atoms with Gasteiger partial charge in [0, 0.05) is 6.54 Å². The van der Waals surface area contributed by atoms with E-state index in [9.17, 15) is 16.8 Å². The molecule has 1 heterocycles. The molecule has 0 aromatic heterocycles. The highest BCUT2D eigenvalue weighted by Gasteiger charge is 2.28. The molecule has 9 heteroatoms. The summed E-state index contributed by atoms with van der Waals surface area (Å²) in [5.74, 6) is 0.748. The summed E-state index contributed by atoms with van der Waals surface area (Å²) in [5, 5.41) is 0. The smallest absolute Gasteiger partial charge is 0.261 e. The number of hydrogen-bond donors (Lipinski definition) is 1.